The highest BCUT2D eigenvalue weighted by atomic mass is 35.5. The lowest BCUT2D eigenvalue weighted by atomic mass is 10.1. The van der Waals surface area contributed by atoms with Gasteiger partial charge in [-0.2, -0.15) is 0 Å². The third-order valence-electron chi connectivity index (χ3n) is 2.96. The predicted molar refractivity (Wildman–Crippen MR) is 89.0 cm³/mol. The van der Waals surface area contributed by atoms with Gasteiger partial charge in [-0.1, -0.05) is 29.0 Å². The first-order valence-corrected chi connectivity index (χ1v) is 8.18. The third kappa shape index (κ3) is 4.68. The fourth-order valence-corrected chi connectivity index (χ4v) is 2.60. The summed E-state index contributed by atoms with van der Waals surface area (Å²) in [6, 6.07) is 6.08. The van der Waals surface area contributed by atoms with Gasteiger partial charge in [-0.25, -0.2) is 0 Å². The van der Waals surface area contributed by atoms with Crippen LogP contribution in [0.15, 0.2) is 18.2 Å². The van der Waals surface area contributed by atoms with Gasteiger partial charge in [-0.05, 0) is 32.4 Å². The standard InChI is InChI=1S/C15H18ClN3O2S/c1-9-4-5-12(10(2)8-9)21-7-6-13-18-19-15(22-13)17-14(20)11(3)16/h4-5,8,11H,6-7H2,1-3H3,(H,17,19,20). The number of amides is 1. The van der Waals surface area contributed by atoms with Crippen molar-refractivity contribution in [3.8, 4) is 5.75 Å². The van der Waals surface area contributed by atoms with Crippen molar-refractivity contribution in [3.05, 3.63) is 34.3 Å². The number of nitrogens with zero attached hydrogens (tertiary/aromatic N) is 2. The number of aromatic nitrogens is 2. The Morgan fingerprint density at radius 3 is 2.86 bits per heavy atom. The Balaban J connectivity index is 1.85. The Morgan fingerprint density at radius 2 is 2.18 bits per heavy atom. The van der Waals surface area contributed by atoms with Crippen LogP contribution in [0.2, 0.25) is 0 Å². The minimum Gasteiger partial charge on any atom is -0.493 e. The van der Waals surface area contributed by atoms with Gasteiger partial charge in [0.15, 0.2) is 0 Å². The quantitative estimate of drug-likeness (QED) is 0.820. The highest BCUT2D eigenvalue weighted by Crippen LogP contribution is 2.20. The zero-order valence-electron chi connectivity index (χ0n) is 12.7. The number of nitrogens with one attached hydrogen (secondary N) is 1. The topological polar surface area (TPSA) is 64.1 Å². The molecule has 0 saturated heterocycles. The van der Waals surface area contributed by atoms with Gasteiger partial charge in [-0.3, -0.25) is 10.1 Å². The molecular formula is C15H18ClN3O2S. The van der Waals surface area contributed by atoms with Gasteiger partial charge < -0.3 is 4.74 Å². The van der Waals surface area contributed by atoms with Crippen LogP contribution in [0, 0.1) is 13.8 Å². The molecule has 1 heterocycles. The van der Waals surface area contributed by atoms with Crippen LogP contribution in [0.4, 0.5) is 5.13 Å². The van der Waals surface area contributed by atoms with Crippen LogP contribution in [-0.2, 0) is 11.2 Å². The first kappa shape index (κ1) is 16.7. The zero-order valence-corrected chi connectivity index (χ0v) is 14.3. The predicted octanol–water partition coefficient (Wildman–Crippen LogP) is 3.34. The monoisotopic (exact) mass is 339 g/mol. The molecule has 118 valence electrons. The van der Waals surface area contributed by atoms with Gasteiger partial charge in [0.1, 0.15) is 16.1 Å². The normalized spacial score (nSPS) is 12.0. The van der Waals surface area contributed by atoms with Crippen LogP contribution < -0.4 is 10.1 Å². The molecule has 5 nitrogen and oxygen atoms in total. The van der Waals surface area contributed by atoms with Crippen LogP contribution >= 0.6 is 22.9 Å². The largest absolute Gasteiger partial charge is 0.493 e. The summed E-state index contributed by atoms with van der Waals surface area (Å²) in [5.41, 5.74) is 2.32. The van der Waals surface area contributed by atoms with Crippen molar-refractivity contribution < 1.29 is 9.53 Å². The molecule has 22 heavy (non-hydrogen) atoms. The maximum absolute atomic E-state index is 11.5. The van der Waals surface area contributed by atoms with Crippen molar-refractivity contribution in [1.82, 2.24) is 10.2 Å². The van der Waals surface area contributed by atoms with Gasteiger partial charge >= 0.3 is 0 Å². The highest BCUT2D eigenvalue weighted by molar-refractivity contribution is 7.15. The molecule has 0 bridgehead atoms. The number of halogens is 1. The highest BCUT2D eigenvalue weighted by Gasteiger charge is 2.12. The van der Waals surface area contributed by atoms with E-state index in [-0.39, 0.29) is 5.91 Å². The van der Waals surface area contributed by atoms with E-state index in [1.54, 1.807) is 6.92 Å². The average Bonchev–Trinajstić information content (AvgIpc) is 2.88. The number of ether oxygens (including phenoxy) is 1. The summed E-state index contributed by atoms with van der Waals surface area (Å²) in [4.78, 5) is 11.5. The molecule has 1 atom stereocenters. The second kappa shape index (κ2) is 7.56. The van der Waals surface area contributed by atoms with Crippen molar-refractivity contribution in [2.45, 2.75) is 32.6 Å². The van der Waals surface area contributed by atoms with E-state index in [9.17, 15) is 4.79 Å². The lowest BCUT2D eigenvalue weighted by Gasteiger charge is -2.08. The molecule has 2 aromatic rings. The van der Waals surface area contributed by atoms with Gasteiger partial charge in [-0.15, -0.1) is 21.8 Å². The minimum atomic E-state index is -0.597. The maximum atomic E-state index is 11.5. The van der Waals surface area contributed by atoms with Crippen LogP contribution in [-0.4, -0.2) is 28.1 Å². The summed E-state index contributed by atoms with van der Waals surface area (Å²) in [7, 11) is 0. The second-order valence-corrected chi connectivity index (χ2v) is 6.69. The number of hydrogen-bond donors (Lipinski definition) is 1. The van der Waals surface area contributed by atoms with Gasteiger partial charge in [0.05, 0.1) is 6.61 Å². The van der Waals surface area contributed by atoms with Crippen LogP contribution in [0.25, 0.3) is 0 Å². The van der Waals surface area contributed by atoms with E-state index in [4.69, 9.17) is 16.3 Å². The number of alkyl halides is 1. The van der Waals surface area contributed by atoms with Crippen LogP contribution in [0.3, 0.4) is 0 Å². The van der Waals surface area contributed by atoms with Gasteiger partial charge in [0, 0.05) is 6.42 Å². The summed E-state index contributed by atoms with van der Waals surface area (Å²) in [6.45, 7) is 6.19. The summed E-state index contributed by atoms with van der Waals surface area (Å²) >= 11 is 7.01. The SMILES string of the molecule is Cc1ccc(OCCc2nnc(NC(=O)C(C)Cl)s2)c(C)c1. The molecule has 0 aliphatic heterocycles. The Bertz CT molecular complexity index is 658. The van der Waals surface area contributed by atoms with E-state index in [0.717, 1.165) is 16.3 Å². The van der Waals surface area contributed by atoms with E-state index in [0.29, 0.717) is 18.2 Å². The van der Waals surface area contributed by atoms with Crippen molar-refractivity contribution >= 4 is 34.0 Å². The number of anilines is 1. The fraction of sp³-hybridized carbons (Fsp3) is 0.400. The first-order valence-electron chi connectivity index (χ1n) is 6.93. The summed E-state index contributed by atoms with van der Waals surface area (Å²) in [5, 5.41) is 11.2. The zero-order chi connectivity index (χ0) is 16.1. The Labute approximate surface area is 138 Å². The lowest BCUT2D eigenvalue weighted by molar-refractivity contribution is -0.115. The van der Waals surface area contributed by atoms with E-state index >= 15 is 0 Å². The van der Waals surface area contributed by atoms with Crippen molar-refractivity contribution in [2.75, 3.05) is 11.9 Å². The fourth-order valence-electron chi connectivity index (χ4n) is 1.82. The van der Waals surface area contributed by atoms with Gasteiger partial charge in [0.25, 0.3) is 0 Å². The van der Waals surface area contributed by atoms with E-state index < -0.39 is 5.38 Å². The Hall–Kier alpha value is -1.66. The van der Waals surface area contributed by atoms with E-state index in [1.807, 2.05) is 19.1 Å². The number of aryl methyl sites for hydroxylation is 2. The molecule has 7 heteroatoms. The minimum absolute atomic E-state index is 0.282. The van der Waals surface area contributed by atoms with E-state index in [1.165, 1.54) is 16.9 Å². The molecule has 1 aromatic carbocycles. The summed E-state index contributed by atoms with van der Waals surface area (Å²) in [5.74, 6) is 0.593. The molecule has 2 rings (SSSR count). The molecule has 1 aromatic heterocycles. The van der Waals surface area contributed by atoms with Crippen molar-refractivity contribution in [3.63, 3.8) is 0 Å². The second-order valence-electron chi connectivity index (χ2n) is 4.97. The number of carbonyl (C=O) groups is 1. The molecular weight excluding hydrogens is 322 g/mol. The Kier molecular flexibility index (Phi) is 5.74. The first-order chi connectivity index (χ1) is 10.5. The maximum Gasteiger partial charge on any atom is 0.243 e. The molecule has 0 saturated carbocycles. The Morgan fingerprint density at radius 1 is 1.41 bits per heavy atom. The molecule has 0 spiro atoms. The van der Waals surface area contributed by atoms with Crippen molar-refractivity contribution in [1.29, 1.82) is 0 Å². The lowest BCUT2D eigenvalue weighted by Crippen LogP contribution is -2.20. The third-order valence-corrected chi connectivity index (χ3v) is 4.06. The van der Waals surface area contributed by atoms with Crippen LogP contribution in [0.5, 0.6) is 5.75 Å². The summed E-state index contributed by atoms with van der Waals surface area (Å²) in [6.07, 6.45) is 0.636. The molecule has 0 fully saturated rings. The number of rotatable bonds is 6. The number of hydrogen-bond acceptors (Lipinski definition) is 5. The number of benzene rings is 1. The molecule has 0 aliphatic rings. The van der Waals surface area contributed by atoms with Crippen molar-refractivity contribution in [2.24, 2.45) is 0 Å². The van der Waals surface area contributed by atoms with Gasteiger partial charge in [0.2, 0.25) is 11.0 Å². The summed E-state index contributed by atoms with van der Waals surface area (Å²) < 4.78 is 5.75. The van der Waals surface area contributed by atoms with Crippen LogP contribution in [0.1, 0.15) is 23.1 Å². The molecule has 0 aliphatic carbocycles. The molecule has 0 radical (unpaired) electrons. The molecule has 1 N–H and O–H groups in total. The molecule has 1 unspecified atom stereocenters. The molecule has 1 amide bonds. The smallest absolute Gasteiger partial charge is 0.243 e. The number of carbonyl (C=O) groups excluding carboxylic acids is 1. The van der Waals surface area contributed by atoms with E-state index in [2.05, 4.69) is 28.5 Å². The average molecular weight is 340 g/mol.